The van der Waals surface area contributed by atoms with E-state index in [2.05, 4.69) is 5.32 Å². The molecule has 1 atom stereocenters. The van der Waals surface area contributed by atoms with E-state index in [9.17, 15) is 4.79 Å². The number of carbonyl (C=O) groups excluding carboxylic acids is 1. The zero-order valence-electron chi connectivity index (χ0n) is 10.1. The first-order chi connectivity index (χ1) is 7.29. The fraction of sp³-hybridized carbons (Fsp3) is 0.917. The van der Waals surface area contributed by atoms with Crippen molar-refractivity contribution in [2.45, 2.75) is 44.6 Å². The van der Waals surface area contributed by atoms with Crippen molar-refractivity contribution >= 4 is 18.3 Å². The highest BCUT2D eigenvalue weighted by atomic mass is 35.5. The number of hydrogen-bond acceptors (Lipinski definition) is 2. The van der Waals surface area contributed by atoms with Gasteiger partial charge in [-0.25, -0.2) is 0 Å². The molecule has 3 nitrogen and oxygen atoms in total. The second-order valence-electron chi connectivity index (χ2n) is 4.91. The van der Waals surface area contributed by atoms with Crippen LogP contribution in [0.1, 0.15) is 38.5 Å². The van der Waals surface area contributed by atoms with Crippen LogP contribution in [0.25, 0.3) is 0 Å². The Kier molecular flexibility index (Phi) is 5.56. The van der Waals surface area contributed by atoms with Gasteiger partial charge in [0.15, 0.2) is 0 Å². The predicted octanol–water partition coefficient (Wildman–Crippen LogP) is 1.81. The van der Waals surface area contributed by atoms with Crippen LogP contribution in [0.4, 0.5) is 0 Å². The normalized spacial score (nSPS) is 26.2. The van der Waals surface area contributed by atoms with E-state index < -0.39 is 0 Å². The van der Waals surface area contributed by atoms with Gasteiger partial charge in [-0.05, 0) is 45.2 Å². The lowest BCUT2D eigenvalue weighted by molar-refractivity contribution is -0.139. The maximum atomic E-state index is 12.0. The van der Waals surface area contributed by atoms with E-state index in [0.717, 1.165) is 32.4 Å². The van der Waals surface area contributed by atoms with E-state index in [1.165, 1.54) is 19.3 Å². The van der Waals surface area contributed by atoms with Crippen molar-refractivity contribution in [1.29, 1.82) is 0 Å². The third-order valence-electron chi connectivity index (χ3n) is 3.90. The first-order valence-corrected chi connectivity index (χ1v) is 6.26. The molecule has 1 saturated carbocycles. The van der Waals surface area contributed by atoms with Crippen LogP contribution in [0.5, 0.6) is 0 Å². The van der Waals surface area contributed by atoms with Gasteiger partial charge in [-0.3, -0.25) is 4.79 Å². The summed E-state index contributed by atoms with van der Waals surface area (Å²) in [6.07, 6.45) is 6.97. The average molecular weight is 247 g/mol. The molecule has 1 aliphatic heterocycles. The summed E-state index contributed by atoms with van der Waals surface area (Å²) in [5.41, 5.74) is 0. The Morgan fingerprint density at radius 3 is 2.50 bits per heavy atom. The molecule has 0 aromatic carbocycles. The van der Waals surface area contributed by atoms with Crippen molar-refractivity contribution < 1.29 is 4.79 Å². The number of amides is 1. The van der Waals surface area contributed by atoms with Crippen LogP contribution in [0.15, 0.2) is 0 Å². The molecule has 2 rings (SSSR count). The SMILES string of the molecule is CN(C(=O)C1CCC1)C1CCCNCC1.Cl. The Morgan fingerprint density at radius 1 is 1.12 bits per heavy atom. The summed E-state index contributed by atoms with van der Waals surface area (Å²) in [6, 6.07) is 0.480. The van der Waals surface area contributed by atoms with Crippen LogP contribution in [0.3, 0.4) is 0 Å². The molecular weight excluding hydrogens is 224 g/mol. The Bertz CT molecular complexity index is 223. The van der Waals surface area contributed by atoms with Crippen molar-refractivity contribution in [2.24, 2.45) is 5.92 Å². The third-order valence-corrected chi connectivity index (χ3v) is 3.90. The topological polar surface area (TPSA) is 32.3 Å². The monoisotopic (exact) mass is 246 g/mol. The maximum Gasteiger partial charge on any atom is 0.225 e. The smallest absolute Gasteiger partial charge is 0.225 e. The number of hydrogen-bond donors (Lipinski definition) is 1. The van der Waals surface area contributed by atoms with Crippen LogP contribution < -0.4 is 5.32 Å². The van der Waals surface area contributed by atoms with Crippen LogP contribution in [0.2, 0.25) is 0 Å². The Labute approximate surface area is 104 Å². The van der Waals surface area contributed by atoms with Crippen LogP contribution >= 0.6 is 12.4 Å². The zero-order chi connectivity index (χ0) is 10.7. The molecule has 1 aliphatic carbocycles. The van der Waals surface area contributed by atoms with Crippen LogP contribution in [0, 0.1) is 5.92 Å². The van der Waals surface area contributed by atoms with E-state index in [1.54, 1.807) is 0 Å². The molecule has 1 saturated heterocycles. The Morgan fingerprint density at radius 2 is 1.88 bits per heavy atom. The summed E-state index contributed by atoms with van der Waals surface area (Å²) in [7, 11) is 2.00. The van der Waals surface area contributed by atoms with Crippen LogP contribution in [-0.4, -0.2) is 37.0 Å². The van der Waals surface area contributed by atoms with E-state index in [0.29, 0.717) is 17.9 Å². The molecule has 1 N–H and O–H groups in total. The minimum atomic E-state index is 0. The van der Waals surface area contributed by atoms with Crippen molar-refractivity contribution in [2.75, 3.05) is 20.1 Å². The molecule has 16 heavy (non-hydrogen) atoms. The van der Waals surface area contributed by atoms with Gasteiger partial charge in [0.2, 0.25) is 5.91 Å². The summed E-state index contributed by atoms with van der Waals surface area (Å²) in [5, 5.41) is 3.39. The average Bonchev–Trinajstić information content (AvgIpc) is 2.41. The summed E-state index contributed by atoms with van der Waals surface area (Å²) in [6.45, 7) is 2.18. The van der Waals surface area contributed by atoms with Crippen molar-refractivity contribution in [3.8, 4) is 0 Å². The highest BCUT2D eigenvalue weighted by Crippen LogP contribution is 2.29. The Hall–Kier alpha value is -0.280. The highest BCUT2D eigenvalue weighted by molar-refractivity contribution is 5.85. The minimum Gasteiger partial charge on any atom is -0.342 e. The van der Waals surface area contributed by atoms with Gasteiger partial charge in [0.05, 0.1) is 0 Å². The van der Waals surface area contributed by atoms with Gasteiger partial charge < -0.3 is 10.2 Å². The standard InChI is InChI=1S/C12H22N2O.ClH/c1-14(12(15)10-4-2-5-10)11-6-3-8-13-9-7-11;/h10-11,13H,2-9H2,1H3;1H. The zero-order valence-corrected chi connectivity index (χ0v) is 10.9. The summed E-state index contributed by atoms with van der Waals surface area (Å²) in [5.74, 6) is 0.749. The molecule has 4 heteroatoms. The first kappa shape index (κ1) is 13.8. The fourth-order valence-electron chi connectivity index (χ4n) is 2.51. The quantitative estimate of drug-likeness (QED) is 0.806. The molecule has 0 spiro atoms. The van der Waals surface area contributed by atoms with E-state index in [-0.39, 0.29) is 12.4 Å². The number of nitrogens with zero attached hydrogens (tertiary/aromatic N) is 1. The molecule has 0 radical (unpaired) electrons. The van der Waals surface area contributed by atoms with Gasteiger partial charge in [-0.2, -0.15) is 0 Å². The van der Waals surface area contributed by atoms with Gasteiger partial charge in [0.25, 0.3) is 0 Å². The lowest BCUT2D eigenvalue weighted by Crippen LogP contribution is -2.42. The van der Waals surface area contributed by atoms with Gasteiger partial charge in [0, 0.05) is 19.0 Å². The second-order valence-corrected chi connectivity index (χ2v) is 4.91. The summed E-state index contributed by atoms with van der Waals surface area (Å²) >= 11 is 0. The van der Waals surface area contributed by atoms with Gasteiger partial charge in [-0.15, -0.1) is 12.4 Å². The molecule has 0 bridgehead atoms. The first-order valence-electron chi connectivity index (χ1n) is 6.26. The number of carbonyl (C=O) groups is 1. The summed E-state index contributed by atoms with van der Waals surface area (Å²) < 4.78 is 0. The van der Waals surface area contributed by atoms with Gasteiger partial charge in [0.1, 0.15) is 0 Å². The second kappa shape index (κ2) is 6.45. The molecule has 0 aromatic heterocycles. The minimum absolute atomic E-state index is 0. The molecule has 1 heterocycles. The Balaban J connectivity index is 0.00000128. The third kappa shape index (κ3) is 3.11. The largest absolute Gasteiger partial charge is 0.342 e. The van der Waals surface area contributed by atoms with E-state index in [4.69, 9.17) is 0 Å². The van der Waals surface area contributed by atoms with Gasteiger partial charge in [-0.1, -0.05) is 6.42 Å². The summed E-state index contributed by atoms with van der Waals surface area (Å²) in [4.78, 5) is 14.1. The molecule has 1 unspecified atom stereocenters. The molecule has 2 fully saturated rings. The van der Waals surface area contributed by atoms with E-state index >= 15 is 0 Å². The molecule has 1 amide bonds. The number of rotatable bonds is 2. The molecule has 94 valence electrons. The fourth-order valence-corrected chi connectivity index (χ4v) is 2.51. The lowest BCUT2D eigenvalue weighted by Gasteiger charge is -2.34. The lowest BCUT2D eigenvalue weighted by atomic mass is 9.84. The molecule has 0 aromatic rings. The van der Waals surface area contributed by atoms with Crippen molar-refractivity contribution in [3.63, 3.8) is 0 Å². The van der Waals surface area contributed by atoms with Crippen LogP contribution in [-0.2, 0) is 4.79 Å². The van der Waals surface area contributed by atoms with E-state index in [1.807, 2.05) is 11.9 Å². The predicted molar refractivity (Wildman–Crippen MR) is 67.9 cm³/mol. The molecular formula is C12H23ClN2O. The van der Waals surface area contributed by atoms with Gasteiger partial charge >= 0.3 is 0 Å². The number of nitrogens with one attached hydrogen (secondary N) is 1. The maximum absolute atomic E-state index is 12.0. The van der Waals surface area contributed by atoms with Crippen molar-refractivity contribution in [1.82, 2.24) is 10.2 Å². The molecule has 2 aliphatic rings. The highest BCUT2D eigenvalue weighted by Gasteiger charge is 2.30. The number of halogens is 1. The van der Waals surface area contributed by atoms with Crippen molar-refractivity contribution in [3.05, 3.63) is 0 Å².